The number of halogens is 1. The number of benzene rings is 3. The summed E-state index contributed by atoms with van der Waals surface area (Å²) in [6.07, 6.45) is 1.28. The fourth-order valence-corrected chi connectivity index (χ4v) is 4.18. The number of aryl methyl sites for hydroxylation is 2. The third kappa shape index (κ3) is 7.01. The molecule has 1 N–H and O–H groups in total. The van der Waals surface area contributed by atoms with E-state index in [4.69, 9.17) is 0 Å². The summed E-state index contributed by atoms with van der Waals surface area (Å²) in [5.74, 6) is -0.823. The molecule has 0 fully saturated rings. The van der Waals surface area contributed by atoms with E-state index in [1.807, 2.05) is 63.2 Å². The molecule has 2 amide bonds. The molecule has 0 unspecified atom stereocenters. The van der Waals surface area contributed by atoms with Gasteiger partial charge in [-0.25, -0.2) is 4.39 Å². The third-order valence-electron chi connectivity index (χ3n) is 5.76. The molecule has 34 heavy (non-hydrogen) atoms. The van der Waals surface area contributed by atoms with Crippen molar-refractivity contribution >= 4 is 11.8 Å². The molecule has 3 rings (SSSR count). The Kier molecular flexibility index (Phi) is 8.97. The fourth-order valence-electron chi connectivity index (χ4n) is 4.18. The van der Waals surface area contributed by atoms with Crippen molar-refractivity contribution in [1.82, 2.24) is 10.2 Å². The van der Waals surface area contributed by atoms with Crippen LogP contribution in [0.4, 0.5) is 4.39 Å². The van der Waals surface area contributed by atoms with Gasteiger partial charge in [-0.1, -0.05) is 84.8 Å². The van der Waals surface area contributed by atoms with Crippen molar-refractivity contribution in [1.29, 1.82) is 0 Å². The number of carbonyl (C=O) groups is 2. The van der Waals surface area contributed by atoms with E-state index in [9.17, 15) is 14.0 Å². The van der Waals surface area contributed by atoms with Gasteiger partial charge in [-0.15, -0.1) is 0 Å². The summed E-state index contributed by atoms with van der Waals surface area (Å²) in [7, 11) is 0. The molecule has 5 heteroatoms. The molecule has 3 aromatic carbocycles. The van der Waals surface area contributed by atoms with Crippen molar-refractivity contribution < 1.29 is 14.0 Å². The van der Waals surface area contributed by atoms with E-state index in [1.54, 1.807) is 18.2 Å². The average Bonchev–Trinajstić information content (AvgIpc) is 2.80. The summed E-state index contributed by atoms with van der Waals surface area (Å²) < 4.78 is 14.6. The van der Waals surface area contributed by atoms with Crippen molar-refractivity contribution in [2.24, 2.45) is 0 Å². The van der Waals surface area contributed by atoms with Crippen LogP contribution in [0.15, 0.2) is 72.8 Å². The van der Waals surface area contributed by atoms with Crippen LogP contribution in [-0.2, 0) is 29.0 Å². The van der Waals surface area contributed by atoms with Gasteiger partial charge in [-0.2, -0.15) is 0 Å². The molecule has 3 aromatic rings. The molecule has 0 aliphatic carbocycles. The van der Waals surface area contributed by atoms with E-state index in [0.717, 1.165) is 28.7 Å². The molecule has 0 aliphatic rings. The van der Waals surface area contributed by atoms with Crippen LogP contribution in [0.2, 0.25) is 0 Å². The Hall–Kier alpha value is -3.47. The van der Waals surface area contributed by atoms with Gasteiger partial charge >= 0.3 is 0 Å². The average molecular weight is 461 g/mol. The summed E-state index contributed by atoms with van der Waals surface area (Å²) in [5.41, 5.74) is 4.36. The zero-order valence-electron chi connectivity index (χ0n) is 20.2. The van der Waals surface area contributed by atoms with E-state index >= 15 is 0 Å². The lowest BCUT2D eigenvalue weighted by atomic mass is 10.00. The highest BCUT2D eigenvalue weighted by Gasteiger charge is 2.30. The number of carbonyl (C=O) groups excluding carboxylic acids is 2. The Balaban J connectivity index is 1.98. The first-order chi connectivity index (χ1) is 16.4. The Morgan fingerprint density at radius 2 is 1.56 bits per heavy atom. The van der Waals surface area contributed by atoms with Gasteiger partial charge in [0, 0.05) is 25.1 Å². The zero-order valence-corrected chi connectivity index (χ0v) is 20.2. The van der Waals surface area contributed by atoms with E-state index < -0.39 is 6.04 Å². The van der Waals surface area contributed by atoms with E-state index in [1.165, 1.54) is 11.0 Å². The van der Waals surface area contributed by atoms with Crippen LogP contribution in [-0.4, -0.2) is 29.3 Å². The number of nitrogens with zero attached hydrogens (tertiary/aromatic N) is 1. The van der Waals surface area contributed by atoms with Crippen LogP contribution in [0.3, 0.4) is 0 Å². The molecular formula is C29H33FN2O2. The van der Waals surface area contributed by atoms with Crippen molar-refractivity contribution in [3.63, 3.8) is 0 Å². The molecule has 0 bridgehead atoms. The second-order valence-corrected chi connectivity index (χ2v) is 8.78. The lowest BCUT2D eigenvalue weighted by molar-refractivity contribution is -0.140. The van der Waals surface area contributed by atoms with Gasteiger partial charge in [0.25, 0.3) is 0 Å². The molecular weight excluding hydrogens is 427 g/mol. The van der Waals surface area contributed by atoms with Gasteiger partial charge in [0.2, 0.25) is 11.8 Å². The van der Waals surface area contributed by atoms with Crippen LogP contribution in [0, 0.1) is 19.7 Å². The first-order valence-corrected chi connectivity index (χ1v) is 11.8. The molecule has 178 valence electrons. The maximum Gasteiger partial charge on any atom is 0.243 e. The van der Waals surface area contributed by atoms with Gasteiger partial charge in [-0.3, -0.25) is 9.59 Å². The van der Waals surface area contributed by atoms with Gasteiger partial charge < -0.3 is 10.2 Å². The first kappa shape index (κ1) is 25.2. The van der Waals surface area contributed by atoms with Crippen LogP contribution < -0.4 is 5.32 Å². The van der Waals surface area contributed by atoms with Gasteiger partial charge in [0.1, 0.15) is 11.9 Å². The number of hydrogen-bond donors (Lipinski definition) is 1. The standard InChI is InChI=1S/C29H33FN2O2/c1-4-14-31-29(34)27(18-23-10-6-5-7-11-23)32(20-25-12-8-9-13-26(25)30)28(33)19-24-16-21(2)15-22(3)17-24/h5-13,15-17,27H,4,14,18-20H2,1-3H3,(H,31,34)/t27-/m0/s1. The minimum atomic E-state index is -0.757. The minimum absolute atomic E-state index is 0.0212. The third-order valence-corrected chi connectivity index (χ3v) is 5.76. The van der Waals surface area contributed by atoms with E-state index in [2.05, 4.69) is 11.4 Å². The first-order valence-electron chi connectivity index (χ1n) is 11.8. The Morgan fingerprint density at radius 1 is 0.912 bits per heavy atom. The second kappa shape index (κ2) is 12.1. The van der Waals surface area contributed by atoms with Crippen LogP contribution in [0.25, 0.3) is 0 Å². The summed E-state index contributed by atoms with van der Waals surface area (Å²) in [6.45, 7) is 6.51. The smallest absolute Gasteiger partial charge is 0.243 e. The molecule has 1 atom stereocenters. The lowest BCUT2D eigenvalue weighted by Gasteiger charge is -2.32. The minimum Gasteiger partial charge on any atom is -0.354 e. The second-order valence-electron chi connectivity index (χ2n) is 8.78. The largest absolute Gasteiger partial charge is 0.354 e. The predicted octanol–water partition coefficient (Wildman–Crippen LogP) is 5.15. The number of hydrogen-bond acceptors (Lipinski definition) is 2. The molecule has 4 nitrogen and oxygen atoms in total. The molecule has 0 spiro atoms. The maximum absolute atomic E-state index is 14.6. The van der Waals surface area contributed by atoms with Crippen molar-refractivity contribution in [3.8, 4) is 0 Å². The van der Waals surface area contributed by atoms with E-state index in [-0.39, 0.29) is 30.6 Å². The van der Waals surface area contributed by atoms with Crippen molar-refractivity contribution in [2.45, 2.75) is 52.6 Å². The van der Waals surface area contributed by atoms with Crippen molar-refractivity contribution in [3.05, 3.63) is 106 Å². The predicted molar refractivity (Wildman–Crippen MR) is 134 cm³/mol. The number of amides is 2. The van der Waals surface area contributed by atoms with Crippen LogP contribution in [0.5, 0.6) is 0 Å². The van der Waals surface area contributed by atoms with Crippen molar-refractivity contribution in [2.75, 3.05) is 6.54 Å². The quantitative estimate of drug-likeness (QED) is 0.455. The topological polar surface area (TPSA) is 49.4 Å². The van der Waals surface area contributed by atoms with Gasteiger partial charge in [0.15, 0.2) is 0 Å². The summed E-state index contributed by atoms with van der Waals surface area (Å²) in [4.78, 5) is 28.5. The molecule has 0 heterocycles. The molecule has 0 aliphatic heterocycles. The molecule has 0 radical (unpaired) electrons. The molecule has 0 saturated carbocycles. The lowest BCUT2D eigenvalue weighted by Crippen LogP contribution is -2.51. The Morgan fingerprint density at radius 3 is 2.21 bits per heavy atom. The zero-order chi connectivity index (χ0) is 24.5. The summed E-state index contributed by atoms with van der Waals surface area (Å²) in [6, 6.07) is 21.3. The molecule has 0 saturated heterocycles. The van der Waals surface area contributed by atoms with Crippen LogP contribution in [0.1, 0.15) is 41.2 Å². The van der Waals surface area contributed by atoms with Crippen LogP contribution >= 0.6 is 0 Å². The number of rotatable bonds is 10. The number of nitrogens with one attached hydrogen (secondary N) is 1. The SMILES string of the molecule is CCCNC(=O)[C@H](Cc1ccccc1)N(Cc1ccccc1F)C(=O)Cc1cc(C)cc(C)c1. The van der Waals surface area contributed by atoms with E-state index in [0.29, 0.717) is 18.5 Å². The highest BCUT2D eigenvalue weighted by atomic mass is 19.1. The Labute approximate surface area is 201 Å². The monoisotopic (exact) mass is 460 g/mol. The normalized spacial score (nSPS) is 11.6. The van der Waals surface area contributed by atoms with Gasteiger partial charge in [-0.05, 0) is 37.5 Å². The van der Waals surface area contributed by atoms with Gasteiger partial charge in [0.05, 0.1) is 6.42 Å². The Bertz CT molecular complexity index is 1090. The fraction of sp³-hybridized carbons (Fsp3) is 0.310. The highest BCUT2D eigenvalue weighted by Crippen LogP contribution is 2.19. The summed E-state index contributed by atoms with van der Waals surface area (Å²) >= 11 is 0. The highest BCUT2D eigenvalue weighted by molar-refractivity contribution is 5.88. The molecule has 0 aromatic heterocycles. The maximum atomic E-state index is 14.6. The summed E-state index contributed by atoms with van der Waals surface area (Å²) in [5, 5.41) is 2.94.